The Hall–Kier alpha value is -12.7. The molecule has 1 aliphatic heterocycles. The lowest BCUT2D eigenvalue weighted by atomic mass is 9.97. The molecule has 4 aromatic carbocycles. The number of carbonyl (C=O) groups excluding carboxylic acids is 14. The van der Waals surface area contributed by atoms with E-state index in [4.69, 9.17) is 17.2 Å². The minimum atomic E-state index is -1.87. The largest absolute Gasteiger partial charge is 0.508 e. The van der Waals surface area contributed by atoms with Crippen molar-refractivity contribution < 1.29 is 97.5 Å². The fraction of sp³-hybridized carbons (Fsp3) is 0.436. The first-order chi connectivity index (χ1) is 55.5. The van der Waals surface area contributed by atoms with Crippen LogP contribution in [0.1, 0.15) is 101 Å². The third-order valence-electron chi connectivity index (χ3n) is 19.6. The highest BCUT2D eigenvalue weighted by Crippen LogP contribution is 2.24. The molecule has 1 aliphatic rings. The van der Waals surface area contributed by atoms with Crippen LogP contribution >= 0.6 is 12.6 Å². The van der Waals surface area contributed by atoms with Crippen LogP contribution in [0.15, 0.2) is 116 Å². The number of carbonyl (C=O) groups is 15. The van der Waals surface area contributed by atoms with Crippen LogP contribution in [-0.2, 0) is 104 Å². The number of fused-ring (bicyclic) bond motifs is 1. The maximum absolute atomic E-state index is 15.2. The van der Waals surface area contributed by atoms with Gasteiger partial charge in [0.25, 0.3) is 0 Å². The first kappa shape index (κ1) is 91.5. The molecule has 117 heavy (non-hydrogen) atoms. The molecule has 0 spiro atoms. The van der Waals surface area contributed by atoms with Crippen LogP contribution in [0.4, 0.5) is 0 Å². The molecule has 24 N–H and O–H groups in total. The number of aliphatic carboxylic acids is 1. The van der Waals surface area contributed by atoms with E-state index >= 15 is 4.79 Å². The molecule has 7 rings (SSSR count). The van der Waals surface area contributed by atoms with Gasteiger partial charge in [0.1, 0.15) is 83.7 Å². The highest BCUT2D eigenvalue weighted by Gasteiger charge is 2.43. The van der Waals surface area contributed by atoms with E-state index in [0.717, 1.165) is 11.8 Å². The number of hydrogen-bond acceptors (Lipinski definition) is 22. The summed E-state index contributed by atoms with van der Waals surface area (Å²) in [4.78, 5) is 220. The smallest absolute Gasteiger partial charge is 0.326 e. The van der Waals surface area contributed by atoms with Gasteiger partial charge in [-0.15, -0.1) is 0 Å². The summed E-state index contributed by atoms with van der Waals surface area (Å²) in [6, 6.07) is 5.29. The topological polar surface area (TPSA) is 615 Å². The van der Waals surface area contributed by atoms with Crippen LogP contribution in [0.2, 0.25) is 0 Å². The Morgan fingerprint density at radius 1 is 0.547 bits per heavy atom. The number of carboxylic acid groups (broad SMARTS) is 1. The predicted octanol–water partition coefficient (Wildman–Crippen LogP) is -2.96. The summed E-state index contributed by atoms with van der Waals surface area (Å²) in [5, 5.41) is 80.0. The average molecular weight is 1640 g/mol. The lowest BCUT2D eigenvalue weighted by molar-refractivity contribution is -0.145. The number of nitrogens with one attached hydrogen (secondary N) is 13. The number of amides is 14. The number of primary amides is 2. The van der Waals surface area contributed by atoms with Gasteiger partial charge in [-0.2, -0.15) is 12.6 Å². The number of aromatic nitrogens is 3. The Morgan fingerprint density at radius 3 is 1.53 bits per heavy atom. The molecule has 0 radical (unpaired) electrons. The SMILES string of the molecule is CCC(C)C(NC(=O)C(NC(=O)C(CC(N)=O)NC(=O)C(CCC(N)=O)NC(=O)C1CCCN1C(=O)C(NC(=O)C(Cc1ccc(O)cc1)NC(=O)CNC(=O)C(Cc1ccc(O)cc1)NC(=O)C(Cc1c[nH]c2ccccc12)NC(=O)C(Cc1c[nH]cn1)NC(=O)C(Cc1ccc(O)cc1)NC(=O)C(N)CS)C(C)O)C(C)C)C(=O)O. The molecular formula is C78H102N18O20S. The van der Waals surface area contributed by atoms with Gasteiger partial charge >= 0.3 is 5.97 Å². The molecular weight excluding hydrogens is 1540 g/mol. The van der Waals surface area contributed by atoms with Crippen molar-refractivity contribution in [1.29, 1.82) is 0 Å². The first-order valence-corrected chi connectivity index (χ1v) is 38.5. The molecule has 14 atom stereocenters. The second-order valence-corrected chi connectivity index (χ2v) is 29.3. The first-order valence-electron chi connectivity index (χ1n) is 37.8. The van der Waals surface area contributed by atoms with Crippen molar-refractivity contribution in [3.8, 4) is 17.2 Å². The number of phenols is 3. The van der Waals surface area contributed by atoms with E-state index in [1.165, 1.54) is 99.2 Å². The summed E-state index contributed by atoms with van der Waals surface area (Å²) in [5.41, 5.74) is 19.6. The average Bonchev–Trinajstić information content (AvgIpc) is 1.72. The van der Waals surface area contributed by atoms with E-state index in [0.29, 0.717) is 39.6 Å². The molecule has 39 heteroatoms. The van der Waals surface area contributed by atoms with Gasteiger partial charge < -0.3 is 116 Å². The second-order valence-electron chi connectivity index (χ2n) is 29.0. The number of thiol groups is 1. The normalized spacial score (nSPS) is 15.9. The third-order valence-corrected chi connectivity index (χ3v) is 20.0. The van der Waals surface area contributed by atoms with E-state index in [2.05, 4.69) is 86.1 Å². The predicted molar refractivity (Wildman–Crippen MR) is 424 cm³/mol. The number of para-hydroxylation sites is 1. The Kier molecular flexibility index (Phi) is 34.2. The molecule has 1 saturated heterocycles. The Balaban J connectivity index is 1.10. The summed E-state index contributed by atoms with van der Waals surface area (Å²) in [6.07, 6.45) is -0.150. The van der Waals surface area contributed by atoms with Gasteiger partial charge in [-0.05, 0) is 103 Å². The van der Waals surface area contributed by atoms with E-state index in [9.17, 15) is 92.7 Å². The summed E-state index contributed by atoms with van der Waals surface area (Å²) in [6.45, 7) is 6.45. The Bertz CT molecular complexity index is 4490. The number of phenolic OH excluding ortho intramolecular Hbond substituents is 3. The number of aliphatic hydroxyl groups excluding tert-OH is 1. The minimum absolute atomic E-state index is 0.0708. The fourth-order valence-electron chi connectivity index (χ4n) is 12.8. The third kappa shape index (κ3) is 27.5. The summed E-state index contributed by atoms with van der Waals surface area (Å²) in [7, 11) is 0. The molecule has 1 fully saturated rings. The number of nitrogens with two attached hydrogens (primary N) is 3. The van der Waals surface area contributed by atoms with Crippen LogP contribution in [0.3, 0.4) is 0 Å². The van der Waals surface area contributed by atoms with Crippen LogP contribution < -0.4 is 75.7 Å². The molecule has 0 saturated carbocycles. The molecule has 0 aliphatic carbocycles. The van der Waals surface area contributed by atoms with Crippen LogP contribution in [0, 0.1) is 11.8 Å². The monoisotopic (exact) mass is 1640 g/mol. The molecule has 14 amide bonds. The number of aromatic amines is 2. The van der Waals surface area contributed by atoms with Crippen molar-refractivity contribution in [2.45, 2.75) is 184 Å². The molecule has 6 aromatic rings. The van der Waals surface area contributed by atoms with Crippen LogP contribution in [0.25, 0.3) is 10.9 Å². The van der Waals surface area contributed by atoms with E-state index in [-0.39, 0.29) is 80.2 Å². The van der Waals surface area contributed by atoms with Crippen molar-refractivity contribution in [3.63, 3.8) is 0 Å². The van der Waals surface area contributed by atoms with E-state index < -0.39 is 205 Å². The van der Waals surface area contributed by atoms with Crippen LogP contribution in [-0.4, -0.2) is 232 Å². The van der Waals surface area contributed by atoms with E-state index in [1.54, 1.807) is 44.3 Å². The Morgan fingerprint density at radius 2 is 1.03 bits per heavy atom. The number of aromatic hydroxyl groups is 3. The number of benzene rings is 4. The minimum Gasteiger partial charge on any atom is -0.508 e. The van der Waals surface area contributed by atoms with Gasteiger partial charge in [0.05, 0.1) is 37.1 Å². The number of likely N-dealkylation sites (tertiary alicyclic amines) is 1. The van der Waals surface area contributed by atoms with Crippen molar-refractivity contribution in [2.24, 2.45) is 29.0 Å². The number of imidazole rings is 1. The fourth-order valence-corrected chi connectivity index (χ4v) is 13.0. The lowest BCUT2D eigenvalue weighted by Crippen LogP contribution is -2.62. The zero-order valence-electron chi connectivity index (χ0n) is 65.0. The maximum atomic E-state index is 15.2. The van der Waals surface area contributed by atoms with Crippen molar-refractivity contribution in [2.75, 3.05) is 18.8 Å². The van der Waals surface area contributed by atoms with Gasteiger partial charge in [0, 0.05) is 74.1 Å². The van der Waals surface area contributed by atoms with Gasteiger partial charge in [0.2, 0.25) is 82.7 Å². The van der Waals surface area contributed by atoms with Crippen molar-refractivity contribution in [3.05, 3.63) is 144 Å². The van der Waals surface area contributed by atoms with Crippen molar-refractivity contribution >= 4 is 112 Å². The standard InChI is InChI=1S/C78H102N18O20S/c1-6-40(4)65(78(115)116)94-76(113)64(39(2)3)93-74(111)59(33-62(81)102)92-69(106)53(25-26-61(80)101)87-75(112)60-12-9-27-96(60)77(114)66(41(5)97)95-73(110)55(29-43-15-21-48(99)22-16-43)86-63(103)36-84-68(105)54(28-42-13-19-47(98)20-14-42)89-71(108)57(31-45-34-83-52-11-8-7-10-50(45)52)90-72(109)58(32-46-35-82-38-85-46)91-70(107)56(88-67(104)51(79)37-117)30-44-17-23-49(100)24-18-44/h7-8,10-11,13-24,34-35,38-41,51,53-60,64-66,83,97-100,117H,6,9,12,25-33,36-37,79H2,1-5H3,(H2,80,101)(H2,81,102)(H,82,85)(H,84,105)(H,86,103)(H,87,112)(H,88,104)(H,89,108)(H,90,109)(H,91,107)(H,92,106)(H,93,111)(H,94,113)(H,95,110)(H,115,116). The summed E-state index contributed by atoms with van der Waals surface area (Å²) >= 11 is 4.12. The molecule has 14 unspecified atom stereocenters. The number of aliphatic hydroxyl groups is 1. The van der Waals surface area contributed by atoms with E-state index in [1.807, 2.05) is 0 Å². The highest BCUT2D eigenvalue weighted by atomic mass is 32.1. The van der Waals surface area contributed by atoms with Crippen LogP contribution in [0.5, 0.6) is 17.2 Å². The Labute approximate surface area is 677 Å². The molecule has 0 bridgehead atoms. The van der Waals surface area contributed by atoms with Gasteiger partial charge in [-0.25, -0.2) is 9.78 Å². The van der Waals surface area contributed by atoms with Crippen molar-refractivity contribution in [1.82, 2.24) is 78.3 Å². The quantitative estimate of drug-likeness (QED) is 0.0170. The summed E-state index contributed by atoms with van der Waals surface area (Å²) < 4.78 is 0. The maximum Gasteiger partial charge on any atom is 0.326 e. The summed E-state index contributed by atoms with van der Waals surface area (Å²) in [5.74, 6) is -17.0. The molecule has 630 valence electrons. The zero-order valence-corrected chi connectivity index (χ0v) is 65.9. The van der Waals surface area contributed by atoms with Gasteiger partial charge in [-0.3, -0.25) is 67.1 Å². The zero-order chi connectivity index (χ0) is 85.9. The number of carboxylic acids is 1. The second kappa shape index (κ2) is 43.7. The molecule has 2 aromatic heterocycles. The number of H-pyrrole nitrogens is 2. The van der Waals surface area contributed by atoms with Gasteiger partial charge in [-0.1, -0.05) is 88.7 Å². The molecule has 3 heterocycles. The van der Waals surface area contributed by atoms with Gasteiger partial charge in [0.15, 0.2) is 0 Å². The molecule has 38 nitrogen and oxygen atoms in total. The number of nitrogens with zero attached hydrogens (tertiary/aromatic N) is 2. The highest BCUT2D eigenvalue weighted by molar-refractivity contribution is 7.80. The lowest BCUT2D eigenvalue weighted by Gasteiger charge is -2.32. The number of hydrogen-bond donors (Lipinski definition) is 22. The number of rotatable bonds is 44.